The smallest absolute Gasteiger partial charge is 0.0992 e. The van der Waals surface area contributed by atoms with Crippen LogP contribution in [0.3, 0.4) is 0 Å². The van der Waals surface area contributed by atoms with Gasteiger partial charge in [-0.25, -0.2) is 0 Å². The number of hydrogen-bond donors (Lipinski definition) is 0. The molecule has 3 rings (SSSR count). The summed E-state index contributed by atoms with van der Waals surface area (Å²) in [6.07, 6.45) is 2.00. The van der Waals surface area contributed by atoms with Gasteiger partial charge in [0, 0.05) is 18.3 Å². The molecule has 0 aliphatic carbocycles. The largest absolute Gasteiger partial charge is 0.343 e. The van der Waals surface area contributed by atoms with E-state index < -0.39 is 0 Å². The maximum atomic E-state index is 8.99. The Hall–Kier alpha value is -3.04. The molecule has 3 aromatic rings. The molecular formula is C17H11N3. The fourth-order valence-corrected chi connectivity index (χ4v) is 2.33. The van der Waals surface area contributed by atoms with E-state index in [-0.39, 0.29) is 0 Å². The van der Waals surface area contributed by atoms with E-state index in [9.17, 15) is 0 Å². The quantitative estimate of drug-likeness (QED) is 0.706. The van der Waals surface area contributed by atoms with Gasteiger partial charge in [0.1, 0.15) is 0 Å². The highest BCUT2D eigenvalue weighted by atomic mass is 14.9. The van der Waals surface area contributed by atoms with Crippen molar-refractivity contribution in [1.29, 1.82) is 10.5 Å². The van der Waals surface area contributed by atoms with Crippen LogP contribution in [0.1, 0.15) is 16.7 Å². The molecule has 3 nitrogen and oxygen atoms in total. The number of hydrogen-bond acceptors (Lipinski definition) is 2. The fraction of sp³-hybridized carbons (Fsp3) is 0.0588. The van der Waals surface area contributed by atoms with Crippen molar-refractivity contribution in [2.75, 3.05) is 0 Å². The van der Waals surface area contributed by atoms with Gasteiger partial charge in [0.05, 0.1) is 23.3 Å². The Morgan fingerprint density at radius 2 is 1.70 bits per heavy atom. The summed E-state index contributed by atoms with van der Waals surface area (Å²) in [4.78, 5) is 0. The van der Waals surface area contributed by atoms with Crippen LogP contribution in [0.2, 0.25) is 0 Å². The second-order valence-electron chi connectivity index (χ2n) is 4.64. The van der Waals surface area contributed by atoms with E-state index in [1.54, 1.807) is 6.07 Å². The number of aromatic nitrogens is 1. The van der Waals surface area contributed by atoms with E-state index in [0.717, 1.165) is 16.5 Å². The lowest BCUT2D eigenvalue weighted by Crippen LogP contribution is -1.98. The van der Waals surface area contributed by atoms with E-state index >= 15 is 0 Å². The van der Waals surface area contributed by atoms with Gasteiger partial charge >= 0.3 is 0 Å². The third-order valence-electron chi connectivity index (χ3n) is 3.31. The molecule has 0 amide bonds. The third kappa shape index (κ3) is 2.13. The molecule has 0 bridgehead atoms. The first-order valence-corrected chi connectivity index (χ1v) is 6.28. The van der Waals surface area contributed by atoms with Crippen molar-refractivity contribution < 1.29 is 0 Å². The van der Waals surface area contributed by atoms with Crippen LogP contribution < -0.4 is 0 Å². The molecular weight excluding hydrogens is 246 g/mol. The highest BCUT2D eigenvalue weighted by molar-refractivity contribution is 5.81. The SMILES string of the molecule is N#Cc1cccc(Cn2ccc3ccc(C#N)cc32)c1. The molecule has 3 heteroatoms. The molecule has 20 heavy (non-hydrogen) atoms. The van der Waals surface area contributed by atoms with Gasteiger partial charge in [-0.05, 0) is 41.3 Å². The Morgan fingerprint density at radius 3 is 2.50 bits per heavy atom. The lowest BCUT2D eigenvalue weighted by Gasteiger charge is -2.06. The van der Waals surface area contributed by atoms with Crippen LogP contribution in [0.25, 0.3) is 10.9 Å². The molecule has 2 aromatic carbocycles. The molecule has 1 aromatic heterocycles. The summed E-state index contributed by atoms with van der Waals surface area (Å²) in [6, 6.07) is 19.6. The number of fused-ring (bicyclic) bond motifs is 1. The zero-order valence-electron chi connectivity index (χ0n) is 10.7. The van der Waals surface area contributed by atoms with E-state index in [1.807, 2.05) is 48.7 Å². The molecule has 1 heterocycles. The van der Waals surface area contributed by atoms with Crippen molar-refractivity contribution in [3.05, 3.63) is 71.4 Å². The zero-order chi connectivity index (χ0) is 13.9. The van der Waals surface area contributed by atoms with Crippen molar-refractivity contribution >= 4 is 10.9 Å². The van der Waals surface area contributed by atoms with Gasteiger partial charge in [-0.2, -0.15) is 10.5 Å². The number of nitriles is 2. The van der Waals surface area contributed by atoms with E-state index in [2.05, 4.69) is 16.7 Å². The standard InChI is InChI=1S/C17H11N3/c18-10-13-2-1-3-15(8-13)12-20-7-6-16-5-4-14(11-19)9-17(16)20/h1-9H,12H2. The molecule has 0 atom stereocenters. The molecule has 0 unspecified atom stereocenters. The molecule has 0 aliphatic heterocycles. The lowest BCUT2D eigenvalue weighted by molar-refractivity contribution is 0.836. The van der Waals surface area contributed by atoms with Crippen molar-refractivity contribution in [3.63, 3.8) is 0 Å². The Kier molecular flexibility index (Phi) is 2.95. The Labute approximate surface area is 116 Å². The second kappa shape index (κ2) is 4.91. The molecule has 0 saturated carbocycles. The van der Waals surface area contributed by atoms with Crippen LogP contribution in [-0.2, 0) is 6.54 Å². The van der Waals surface area contributed by atoms with Gasteiger partial charge in [0.2, 0.25) is 0 Å². The normalized spacial score (nSPS) is 10.1. The maximum Gasteiger partial charge on any atom is 0.0992 e. The van der Waals surface area contributed by atoms with Crippen LogP contribution in [-0.4, -0.2) is 4.57 Å². The Morgan fingerprint density at radius 1 is 0.900 bits per heavy atom. The minimum Gasteiger partial charge on any atom is -0.343 e. The topological polar surface area (TPSA) is 52.5 Å². The molecule has 0 fully saturated rings. The maximum absolute atomic E-state index is 8.99. The van der Waals surface area contributed by atoms with Crippen molar-refractivity contribution in [2.45, 2.75) is 6.54 Å². The number of rotatable bonds is 2. The van der Waals surface area contributed by atoms with Gasteiger partial charge in [0.25, 0.3) is 0 Å². The first-order chi connectivity index (χ1) is 9.80. The summed E-state index contributed by atoms with van der Waals surface area (Å²) in [5, 5.41) is 19.0. The average Bonchev–Trinajstić information content (AvgIpc) is 2.89. The van der Waals surface area contributed by atoms with Crippen molar-refractivity contribution in [1.82, 2.24) is 4.57 Å². The van der Waals surface area contributed by atoms with Gasteiger partial charge in [0.15, 0.2) is 0 Å². The summed E-state index contributed by atoms with van der Waals surface area (Å²) in [5.41, 5.74) is 3.43. The molecule has 0 N–H and O–H groups in total. The average molecular weight is 257 g/mol. The second-order valence-corrected chi connectivity index (χ2v) is 4.64. The van der Waals surface area contributed by atoms with E-state index in [1.165, 1.54) is 0 Å². The highest BCUT2D eigenvalue weighted by Crippen LogP contribution is 2.19. The predicted octanol–water partition coefficient (Wildman–Crippen LogP) is 3.43. The van der Waals surface area contributed by atoms with Gasteiger partial charge in [-0.1, -0.05) is 18.2 Å². The molecule has 0 saturated heterocycles. The Balaban J connectivity index is 2.02. The van der Waals surface area contributed by atoms with Crippen molar-refractivity contribution in [3.8, 4) is 12.1 Å². The van der Waals surface area contributed by atoms with Gasteiger partial charge in [-0.3, -0.25) is 0 Å². The molecule has 0 aliphatic rings. The van der Waals surface area contributed by atoms with Crippen LogP contribution in [0.15, 0.2) is 54.7 Å². The van der Waals surface area contributed by atoms with Crippen molar-refractivity contribution in [2.24, 2.45) is 0 Å². The Bertz CT molecular complexity index is 860. The predicted molar refractivity (Wildman–Crippen MR) is 76.9 cm³/mol. The van der Waals surface area contributed by atoms with Crippen LogP contribution in [0.4, 0.5) is 0 Å². The summed E-state index contributed by atoms with van der Waals surface area (Å²) in [5.74, 6) is 0. The number of benzene rings is 2. The van der Waals surface area contributed by atoms with Gasteiger partial charge in [-0.15, -0.1) is 0 Å². The van der Waals surface area contributed by atoms with Crippen LogP contribution in [0.5, 0.6) is 0 Å². The fourth-order valence-electron chi connectivity index (χ4n) is 2.33. The summed E-state index contributed by atoms with van der Waals surface area (Å²) in [6.45, 7) is 0.688. The molecule has 0 radical (unpaired) electrons. The van der Waals surface area contributed by atoms with E-state index in [4.69, 9.17) is 10.5 Å². The third-order valence-corrected chi connectivity index (χ3v) is 3.31. The molecule has 0 spiro atoms. The van der Waals surface area contributed by atoms with E-state index in [0.29, 0.717) is 17.7 Å². The van der Waals surface area contributed by atoms with Gasteiger partial charge < -0.3 is 4.57 Å². The van der Waals surface area contributed by atoms with Crippen LogP contribution in [0, 0.1) is 22.7 Å². The zero-order valence-corrected chi connectivity index (χ0v) is 10.7. The minimum atomic E-state index is 0.656. The summed E-state index contributed by atoms with van der Waals surface area (Å²) < 4.78 is 2.09. The highest BCUT2D eigenvalue weighted by Gasteiger charge is 2.03. The summed E-state index contributed by atoms with van der Waals surface area (Å²) in [7, 11) is 0. The first kappa shape index (κ1) is 12.0. The first-order valence-electron chi connectivity index (χ1n) is 6.28. The molecule has 94 valence electrons. The number of nitrogens with zero attached hydrogens (tertiary/aromatic N) is 3. The lowest BCUT2D eigenvalue weighted by atomic mass is 10.1. The van der Waals surface area contributed by atoms with Crippen LogP contribution >= 0.6 is 0 Å². The monoisotopic (exact) mass is 257 g/mol. The summed E-state index contributed by atoms with van der Waals surface area (Å²) >= 11 is 0. The minimum absolute atomic E-state index is 0.656.